The number of halogens is 2. The van der Waals surface area contributed by atoms with Gasteiger partial charge in [0.05, 0.1) is 12.5 Å². The summed E-state index contributed by atoms with van der Waals surface area (Å²) in [5, 5.41) is -0.674. The first-order chi connectivity index (χ1) is 8.04. The number of aromatic amines is 1. The molecule has 17 heavy (non-hydrogen) atoms. The molecule has 88 valence electrons. The molecule has 0 spiro atoms. The molecule has 0 aliphatic rings. The summed E-state index contributed by atoms with van der Waals surface area (Å²) in [6, 6.07) is 2.78. The van der Waals surface area contributed by atoms with Crippen LogP contribution in [0.3, 0.4) is 0 Å². The molecule has 1 N–H and O–H groups in total. The van der Waals surface area contributed by atoms with Gasteiger partial charge in [-0.25, -0.2) is 13.6 Å². The molecule has 1 aromatic heterocycles. The van der Waals surface area contributed by atoms with E-state index in [1.54, 1.807) is 0 Å². The SMILES string of the molecule is COC(=O)c1cc2c(F)ccc(F)c2c(=O)[nH]1. The zero-order valence-electron chi connectivity index (χ0n) is 8.71. The van der Waals surface area contributed by atoms with Crippen molar-refractivity contribution in [2.24, 2.45) is 0 Å². The van der Waals surface area contributed by atoms with Gasteiger partial charge in [-0.15, -0.1) is 0 Å². The predicted octanol–water partition coefficient (Wildman–Crippen LogP) is 1.59. The van der Waals surface area contributed by atoms with Crippen LogP contribution in [0.1, 0.15) is 10.5 Å². The van der Waals surface area contributed by atoms with Gasteiger partial charge in [0.25, 0.3) is 5.56 Å². The van der Waals surface area contributed by atoms with Gasteiger partial charge < -0.3 is 9.72 Å². The quantitative estimate of drug-likeness (QED) is 0.769. The highest BCUT2D eigenvalue weighted by Crippen LogP contribution is 2.18. The molecule has 1 heterocycles. The van der Waals surface area contributed by atoms with Crippen LogP contribution in [-0.4, -0.2) is 18.1 Å². The smallest absolute Gasteiger partial charge is 0.354 e. The van der Waals surface area contributed by atoms with Crippen molar-refractivity contribution in [1.82, 2.24) is 4.98 Å². The summed E-state index contributed by atoms with van der Waals surface area (Å²) in [7, 11) is 1.12. The maximum atomic E-state index is 13.4. The van der Waals surface area contributed by atoms with Gasteiger partial charge in [-0.3, -0.25) is 4.79 Å². The number of rotatable bonds is 1. The van der Waals surface area contributed by atoms with E-state index in [2.05, 4.69) is 9.72 Å². The molecule has 0 bridgehead atoms. The first-order valence-corrected chi connectivity index (χ1v) is 4.64. The number of esters is 1. The van der Waals surface area contributed by atoms with Gasteiger partial charge >= 0.3 is 5.97 Å². The summed E-state index contributed by atoms with van der Waals surface area (Å²) in [4.78, 5) is 24.9. The fraction of sp³-hybridized carbons (Fsp3) is 0.0909. The van der Waals surface area contributed by atoms with E-state index in [9.17, 15) is 18.4 Å². The minimum Gasteiger partial charge on any atom is -0.464 e. The maximum Gasteiger partial charge on any atom is 0.354 e. The zero-order valence-corrected chi connectivity index (χ0v) is 8.71. The van der Waals surface area contributed by atoms with Crippen molar-refractivity contribution in [1.29, 1.82) is 0 Å². The summed E-state index contributed by atoms with van der Waals surface area (Å²) in [5.41, 5.74) is -1.10. The van der Waals surface area contributed by atoms with Crippen LogP contribution in [0, 0.1) is 11.6 Å². The number of H-pyrrole nitrogens is 1. The molecule has 0 fully saturated rings. The van der Waals surface area contributed by atoms with Gasteiger partial charge in [-0.05, 0) is 18.2 Å². The number of hydrogen-bond donors (Lipinski definition) is 1. The van der Waals surface area contributed by atoms with Gasteiger partial charge in [0.15, 0.2) is 0 Å². The summed E-state index contributed by atoms with van der Waals surface area (Å²) in [5.74, 6) is -2.45. The molecule has 0 unspecified atom stereocenters. The lowest BCUT2D eigenvalue weighted by Crippen LogP contribution is -2.15. The lowest BCUT2D eigenvalue weighted by Gasteiger charge is -2.03. The molecule has 6 heteroatoms. The lowest BCUT2D eigenvalue weighted by molar-refractivity contribution is 0.0594. The summed E-state index contributed by atoms with van der Waals surface area (Å²) in [6.07, 6.45) is 0. The van der Waals surface area contributed by atoms with E-state index in [1.807, 2.05) is 0 Å². The summed E-state index contributed by atoms with van der Waals surface area (Å²) < 4.78 is 31.1. The van der Waals surface area contributed by atoms with E-state index < -0.39 is 28.5 Å². The lowest BCUT2D eigenvalue weighted by atomic mass is 10.1. The number of fused-ring (bicyclic) bond motifs is 1. The van der Waals surface area contributed by atoms with E-state index >= 15 is 0 Å². The number of carbonyl (C=O) groups excluding carboxylic acids is 1. The van der Waals surface area contributed by atoms with Crippen molar-refractivity contribution in [2.75, 3.05) is 7.11 Å². The molecule has 0 saturated carbocycles. The van der Waals surface area contributed by atoms with Crippen molar-refractivity contribution in [3.8, 4) is 0 Å². The van der Waals surface area contributed by atoms with E-state index in [0.29, 0.717) is 0 Å². The predicted molar refractivity (Wildman–Crippen MR) is 55.8 cm³/mol. The first kappa shape index (κ1) is 11.3. The number of ether oxygens (including phenoxy) is 1. The third-order valence-corrected chi connectivity index (χ3v) is 2.31. The van der Waals surface area contributed by atoms with Crippen molar-refractivity contribution >= 4 is 16.7 Å². The molecule has 0 aliphatic heterocycles. The molecule has 2 rings (SSSR count). The van der Waals surface area contributed by atoms with E-state index in [4.69, 9.17) is 0 Å². The number of hydrogen-bond acceptors (Lipinski definition) is 3. The zero-order chi connectivity index (χ0) is 12.6. The monoisotopic (exact) mass is 239 g/mol. The Balaban J connectivity index is 2.87. The number of nitrogens with one attached hydrogen (secondary N) is 1. The number of aromatic nitrogens is 1. The number of carbonyl (C=O) groups is 1. The second-order valence-corrected chi connectivity index (χ2v) is 3.32. The Kier molecular flexibility index (Phi) is 2.63. The number of benzene rings is 1. The Labute approximate surface area is 93.8 Å². The van der Waals surface area contributed by atoms with Crippen LogP contribution in [0.25, 0.3) is 10.8 Å². The van der Waals surface area contributed by atoms with Gasteiger partial charge in [0.1, 0.15) is 17.3 Å². The summed E-state index contributed by atoms with van der Waals surface area (Å²) in [6.45, 7) is 0. The fourth-order valence-corrected chi connectivity index (χ4v) is 1.52. The van der Waals surface area contributed by atoms with Gasteiger partial charge in [-0.2, -0.15) is 0 Å². The second-order valence-electron chi connectivity index (χ2n) is 3.32. The molecule has 0 aliphatic carbocycles. The van der Waals surface area contributed by atoms with Gasteiger partial charge in [0.2, 0.25) is 0 Å². The Morgan fingerprint density at radius 2 is 1.94 bits per heavy atom. The largest absolute Gasteiger partial charge is 0.464 e. The van der Waals surface area contributed by atoms with Gasteiger partial charge in [-0.1, -0.05) is 0 Å². The Hall–Kier alpha value is -2.24. The highest BCUT2D eigenvalue weighted by molar-refractivity contribution is 5.93. The molecule has 2 aromatic rings. The molecular formula is C11H7F2NO3. The Bertz CT molecular complexity index is 664. The average Bonchev–Trinajstić information content (AvgIpc) is 2.32. The average molecular weight is 239 g/mol. The molecule has 4 nitrogen and oxygen atoms in total. The van der Waals surface area contributed by atoms with Crippen LogP contribution in [0.15, 0.2) is 23.0 Å². The minimum absolute atomic E-state index is 0.227. The highest BCUT2D eigenvalue weighted by atomic mass is 19.1. The van der Waals surface area contributed by atoms with Crippen LogP contribution >= 0.6 is 0 Å². The highest BCUT2D eigenvalue weighted by Gasteiger charge is 2.14. The Morgan fingerprint density at radius 1 is 1.29 bits per heavy atom. The fourth-order valence-electron chi connectivity index (χ4n) is 1.52. The van der Waals surface area contributed by atoms with E-state index in [1.165, 1.54) is 0 Å². The topological polar surface area (TPSA) is 59.2 Å². The minimum atomic E-state index is -0.875. The Morgan fingerprint density at radius 3 is 2.59 bits per heavy atom. The van der Waals surface area contributed by atoms with Gasteiger partial charge in [0, 0.05) is 5.39 Å². The third kappa shape index (κ3) is 1.77. The van der Waals surface area contributed by atoms with E-state index in [0.717, 1.165) is 25.3 Å². The first-order valence-electron chi connectivity index (χ1n) is 4.64. The second kappa shape index (κ2) is 3.97. The van der Waals surface area contributed by atoms with Crippen LogP contribution < -0.4 is 5.56 Å². The van der Waals surface area contributed by atoms with Crippen LogP contribution in [0.2, 0.25) is 0 Å². The molecule has 0 atom stereocenters. The molecule has 0 saturated heterocycles. The summed E-state index contributed by atoms with van der Waals surface area (Å²) >= 11 is 0. The van der Waals surface area contributed by atoms with Crippen molar-refractivity contribution in [2.45, 2.75) is 0 Å². The van der Waals surface area contributed by atoms with Crippen molar-refractivity contribution in [3.05, 3.63) is 45.9 Å². The van der Waals surface area contributed by atoms with Crippen molar-refractivity contribution < 1.29 is 18.3 Å². The van der Waals surface area contributed by atoms with Crippen LogP contribution in [0.5, 0.6) is 0 Å². The van der Waals surface area contributed by atoms with Crippen LogP contribution in [0.4, 0.5) is 8.78 Å². The third-order valence-electron chi connectivity index (χ3n) is 2.31. The molecule has 0 amide bonds. The maximum absolute atomic E-state index is 13.4. The molecule has 1 aromatic carbocycles. The van der Waals surface area contributed by atoms with E-state index in [-0.39, 0.29) is 11.1 Å². The van der Waals surface area contributed by atoms with Crippen molar-refractivity contribution in [3.63, 3.8) is 0 Å². The standard InChI is InChI=1S/C11H7F2NO3/c1-17-11(16)8-4-5-6(12)2-3-7(13)9(5)10(15)14-8/h2-4H,1H3,(H,14,15). The van der Waals surface area contributed by atoms with Crippen LogP contribution in [-0.2, 0) is 4.74 Å². The molecule has 0 radical (unpaired) electrons. The normalized spacial score (nSPS) is 10.5. The molecular weight excluding hydrogens is 232 g/mol. The number of pyridine rings is 1. The number of methoxy groups -OCH3 is 1.